The Morgan fingerprint density at radius 1 is 1.29 bits per heavy atom. The second kappa shape index (κ2) is 6.89. The van der Waals surface area contributed by atoms with Crippen LogP contribution in [-0.4, -0.2) is 24.5 Å². The largest absolute Gasteiger partial charge is 0.373 e. The molecule has 4 heteroatoms. The normalized spacial score (nSPS) is 10.1. The molecular formula is C13H21N3O. The van der Waals surface area contributed by atoms with E-state index < -0.39 is 0 Å². The van der Waals surface area contributed by atoms with Gasteiger partial charge in [0.15, 0.2) is 0 Å². The first-order valence-electron chi connectivity index (χ1n) is 6.18. The maximum atomic E-state index is 11.9. The van der Waals surface area contributed by atoms with Crippen molar-refractivity contribution in [2.45, 2.75) is 33.1 Å². The van der Waals surface area contributed by atoms with E-state index in [0.717, 1.165) is 30.8 Å². The molecule has 0 saturated carbocycles. The van der Waals surface area contributed by atoms with Crippen LogP contribution in [0.4, 0.5) is 5.82 Å². The third kappa shape index (κ3) is 4.06. The number of nitrogens with one attached hydrogen (secondary N) is 2. The first-order chi connectivity index (χ1) is 8.21. The van der Waals surface area contributed by atoms with Gasteiger partial charge in [-0.25, -0.2) is 4.98 Å². The van der Waals surface area contributed by atoms with Gasteiger partial charge < -0.3 is 10.6 Å². The Bertz CT molecular complexity index is 377. The lowest BCUT2D eigenvalue weighted by Gasteiger charge is -2.08. The number of aryl methyl sites for hydroxylation is 1. The van der Waals surface area contributed by atoms with Gasteiger partial charge in [0, 0.05) is 24.8 Å². The SMILES string of the molecule is CCCNC(=O)c1cc(CCC)nc(NC)c1. The summed E-state index contributed by atoms with van der Waals surface area (Å²) >= 11 is 0. The van der Waals surface area contributed by atoms with Crippen LogP contribution in [0.2, 0.25) is 0 Å². The predicted molar refractivity (Wildman–Crippen MR) is 70.4 cm³/mol. The maximum absolute atomic E-state index is 11.9. The van der Waals surface area contributed by atoms with Crippen LogP contribution in [0.25, 0.3) is 0 Å². The van der Waals surface area contributed by atoms with E-state index in [1.807, 2.05) is 20.0 Å². The highest BCUT2D eigenvalue weighted by molar-refractivity contribution is 5.94. The number of hydrogen-bond acceptors (Lipinski definition) is 3. The molecule has 2 N–H and O–H groups in total. The van der Waals surface area contributed by atoms with Crippen LogP contribution in [0, 0.1) is 0 Å². The summed E-state index contributed by atoms with van der Waals surface area (Å²) in [5.74, 6) is 0.723. The van der Waals surface area contributed by atoms with Gasteiger partial charge in [0.25, 0.3) is 5.91 Å². The summed E-state index contributed by atoms with van der Waals surface area (Å²) in [7, 11) is 1.81. The molecule has 1 amide bonds. The fourth-order valence-corrected chi connectivity index (χ4v) is 1.57. The third-order valence-corrected chi connectivity index (χ3v) is 2.44. The molecule has 0 atom stereocenters. The molecule has 0 aliphatic carbocycles. The zero-order valence-corrected chi connectivity index (χ0v) is 10.8. The van der Waals surface area contributed by atoms with Gasteiger partial charge in [-0.15, -0.1) is 0 Å². The molecule has 0 unspecified atom stereocenters. The van der Waals surface area contributed by atoms with E-state index in [9.17, 15) is 4.79 Å². The molecule has 0 aromatic carbocycles. The van der Waals surface area contributed by atoms with Crippen LogP contribution in [0.1, 0.15) is 42.7 Å². The number of nitrogens with zero attached hydrogens (tertiary/aromatic N) is 1. The van der Waals surface area contributed by atoms with E-state index in [0.29, 0.717) is 12.1 Å². The smallest absolute Gasteiger partial charge is 0.251 e. The Morgan fingerprint density at radius 2 is 2.06 bits per heavy atom. The summed E-state index contributed by atoms with van der Waals surface area (Å²) in [5.41, 5.74) is 1.64. The van der Waals surface area contributed by atoms with Crippen molar-refractivity contribution < 1.29 is 4.79 Å². The summed E-state index contributed by atoms with van der Waals surface area (Å²) in [4.78, 5) is 16.3. The molecule has 1 aromatic heterocycles. The molecule has 0 bridgehead atoms. The monoisotopic (exact) mass is 235 g/mol. The van der Waals surface area contributed by atoms with Crippen molar-refractivity contribution in [3.05, 3.63) is 23.4 Å². The number of hydrogen-bond donors (Lipinski definition) is 2. The second-order valence-electron chi connectivity index (χ2n) is 3.99. The fourth-order valence-electron chi connectivity index (χ4n) is 1.57. The standard InChI is InChI=1S/C13H21N3O/c1-4-6-11-8-10(9-12(14-3)16-11)13(17)15-7-5-2/h8-9H,4-7H2,1-3H3,(H,14,16)(H,15,17). The lowest BCUT2D eigenvalue weighted by Crippen LogP contribution is -2.24. The summed E-state index contributed by atoms with van der Waals surface area (Å²) < 4.78 is 0. The average Bonchev–Trinajstić information content (AvgIpc) is 2.35. The van der Waals surface area contributed by atoms with Gasteiger partial charge in [0.05, 0.1) is 0 Å². The molecule has 0 saturated heterocycles. The number of rotatable bonds is 6. The minimum absolute atomic E-state index is 0.0249. The van der Waals surface area contributed by atoms with Gasteiger partial charge in [-0.1, -0.05) is 20.3 Å². The van der Waals surface area contributed by atoms with E-state index >= 15 is 0 Å². The Morgan fingerprint density at radius 3 is 2.65 bits per heavy atom. The van der Waals surface area contributed by atoms with Gasteiger partial charge in [-0.3, -0.25) is 4.79 Å². The molecule has 0 fully saturated rings. The molecule has 1 rings (SSSR count). The summed E-state index contributed by atoms with van der Waals surface area (Å²) in [6.45, 7) is 4.85. The highest BCUT2D eigenvalue weighted by atomic mass is 16.1. The van der Waals surface area contributed by atoms with Gasteiger partial charge in [0.2, 0.25) is 0 Å². The van der Waals surface area contributed by atoms with Crippen LogP contribution in [0.3, 0.4) is 0 Å². The molecule has 4 nitrogen and oxygen atoms in total. The van der Waals surface area contributed by atoms with Crippen molar-refractivity contribution in [3.63, 3.8) is 0 Å². The minimum Gasteiger partial charge on any atom is -0.373 e. The summed E-state index contributed by atoms with van der Waals surface area (Å²) in [6.07, 6.45) is 2.86. The van der Waals surface area contributed by atoms with E-state index in [1.165, 1.54) is 0 Å². The molecule has 94 valence electrons. The maximum Gasteiger partial charge on any atom is 0.251 e. The number of aromatic nitrogens is 1. The van der Waals surface area contributed by atoms with Crippen molar-refractivity contribution in [2.75, 3.05) is 18.9 Å². The van der Waals surface area contributed by atoms with Gasteiger partial charge >= 0.3 is 0 Å². The molecular weight excluding hydrogens is 214 g/mol. The van der Waals surface area contributed by atoms with Gasteiger partial charge in [-0.05, 0) is 25.0 Å². The first-order valence-corrected chi connectivity index (χ1v) is 6.18. The highest BCUT2D eigenvalue weighted by Crippen LogP contribution is 2.11. The molecule has 17 heavy (non-hydrogen) atoms. The quantitative estimate of drug-likeness (QED) is 0.795. The summed E-state index contributed by atoms with van der Waals surface area (Å²) in [6, 6.07) is 3.65. The van der Waals surface area contributed by atoms with Crippen LogP contribution < -0.4 is 10.6 Å². The highest BCUT2D eigenvalue weighted by Gasteiger charge is 2.08. The summed E-state index contributed by atoms with van der Waals surface area (Å²) in [5, 5.41) is 5.86. The Kier molecular flexibility index (Phi) is 5.46. The van der Waals surface area contributed by atoms with Crippen molar-refractivity contribution in [1.82, 2.24) is 10.3 Å². The van der Waals surface area contributed by atoms with Crippen molar-refractivity contribution in [3.8, 4) is 0 Å². The van der Waals surface area contributed by atoms with Crippen LogP contribution in [-0.2, 0) is 6.42 Å². The van der Waals surface area contributed by atoms with E-state index in [1.54, 1.807) is 6.07 Å². The van der Waals surface area contributed by atoms with Crippen molar-refractivity contribution in [2.24, 2.45) is 0 Å². The first kappa shape index (κ1) is 13.5. The number of carbonyl (C=O) groups excluding carboxylic acids is 1. The van der Waals surface area contributed by atoms with E-state index in [4.69, 9.17) is 0 Å². The number of amides is 1. The van der Waals surface area contributed by atoms with Gasteiger partial charge in [0.1, 0.15) is 5.82 Å². The predicted octanol–water partition coefficient (Wildman–Crippen LogP) is 2.22. The number of carbonyl (C=O) groups is 1. The zero-order valence-electron chi connectivity index (χ0n) is 10.8. The Hall–Kier alpha value is -1.58. The van der Waals surface area contributed by atoms with Crippen LogP contribution in [0.15, 0.2) is 12.1 Å². The molecule has 0 aliphatic rings. The average molecular weight is 235 g/mol. The fraction of sp³-hybridized carbons (Fsp3) is 0.538. The minimum atomic E-state index is -0.0249. The third-order valence-electron chi connectivity index (χ3n) is 2.44. The van der Waals surface area contributed by atoms with Crippen LogP contribution in [0.5, 0.6) is 0 Å². The Balaban J connectivity index is 2.89. The number of pyridine rings is 1. The van der Waals surface area contributed by atoms with Crippen molar-refractivity contribution >= 4 is 11.7 Å². The zero-order chi connectivity index (χ0) is 12.7. The molecule has 0 radical (unpaired) electrons. The van der Waals surface area contributed by atoms with Crippen molar-refractivity contribution in [1.29, 1.82) is 0 Å². The molecule has 0 aliphatic heterocycles. The Labute approximate surface area is 103 Å². The second-order valence-corrected chi connectivity index (χ2v) is 3.99. The lowest BCUT2D eigenvalue weighted by atomic mass is 10.1. The molecule has 0 spiro atoms. The van der Waals surface area contributed by atoms with Gasteiger partial charge in [-0.2, -0.15) is 0 Å². The topological polar surface area (TPSA) is 54.0 Å². The number of anilines is 1. The van der Waals surface area contributed by atoms with E-state index in [2.05, 4.69) is 22.5 Å². The lowest BCUT2D eigenvalue weighted by molar-refractivity contribution is 0.0953. The molecule has 1 aromatic rings. The van der Waals surface area contributed by atoms with Crippen LogP contribution >= 0.6 is 0 Å². The van der Waals surface area contributed by atoms with E-state index in [-0.39, 0.29) is 5.91 Å². The molecule has 1 heterocycles.